The Balaban J connectivity index is 2.08. The maximum Gasteiger partial charge on any atom is 0.122 e. The molecule has 3 heteroatoms. The molecular weight excluding hydrogens is 300 g/mol. The molecule has 0 unspecified atom stereocenters. The molecule has 0 spiro atoms. The molecule has 88 valence electrons. The lowest BCUT2D eigenvalue weighted by Crippen LogP contribution is -1.96. The van der Waals surface area contributed by atoms with Crippen LogP contribution in [0.1, 0.15) is 11.1 Å². The normalized spacial score (nSPS) is 10.3. The van der Waals surface area contributed by atoms with Crippen molar-refractivity contribution in [3.63, 3.8) is 0 Å². The van der Waals surface area contributed by atoms with E-state index in [1.165, 1.54) is 0 Å². The fraction of sp³-hybridized carbons (Fsp3) is 0.143. The molecule has 2 aromatic rings. The Kier molecular flexibility index (Phi) is 4.08. The molecule has 0 aromatic heterocycles. The maximum absolute atomic E-state index is 5.94. The van der Waals surface area contributed by atoms with Crippen LogP contribution in [-0.2, 0) is 6.61 Å². The fourth-order valence-corrected chi connectivity index (χ4v) is 2.05. The van der Waals surface area contributed by atoms with Crippen molar-refractivity contribution in [1.29, 1.82) is 0 Å². The molecule has 0 radical (unpaired) electrons. The van der Waals surface area contributed by atoms with Gasteiger partial charge in [-0.25, -0.2) is 0 Å². The average molecular weight is 312 g/mol. The third-order valence-corrected chi connectivity index (χ3v) is 3.69. The molecule has 0 saturated carbocycles. The van der Waals surface area contributed by atoms with Crippen LogP contribution < -0.4 is 4.74 Å². The lowest BCUT2D eigenvalue weighted by molar-refractivity contribution is 0.304. The summed E-state index contributed by atoms with van der Waals surface area (Å²) in [6, 6.07) is 13.8. The second kappa shape index (κ2) is 5.56. The second-order valence-electron chi connectivity index (χ2n) is 3.80. The van der Waals surface area contributed by atoms with Crippen molar-refractivity contribution in [2.24, 2.45) is 0 Å². The number of halogens is 2. The Morgan fingerprint density at radius 2 is 1.94 bits per heavy atom. The van der Waals surface area contributed by atoms with E-state index in [1.807, 2.05) is 49.4 Å². The maximum atomic E-state index is 5.94. The fourth-order valence-electron chi connectivity index (χ4n) is 1.51. The first-order valence-corrected chi connectivity index (χ1v) is 6.46. The van der Waals surface area contributed by atoms with E-state index in [2.05, 4.69) is 15.9 Å². The van der Waals surface area contributed by atoms with E-state index in [4.69, 9.17) is 16.3 Å². The summed E-state index contributed by atoms with van der Waals surface area (Å²) < 4.78 is 6.65. The van der Waals surface area contributed by atoms with Gasteiger partial charge in [-0.15, -0.1) is 0 Å². The number of ether oxygens (including phenoxy) is 1. The summed E-state index contributed by atoms with van der Waals surface area (Å²) in [4.78, 5) is 0. The van der Waals surface area contributed by atoms with Gasteiger partial charge in [0.05, 0.1) is 5.02 Å². The molecule has 2 rings (SSSR count). The molecule has 0 atom stereocenters. The topological polar surface area (TPSA) is 9.23 Å². The number of aryl methyl sites for hydroxylation is 1. The van der Waals surface area contributed by atoms with Gasteiger partial charge in [0.1, 0.15) is 12.4 Å². The first-order chi connectivity index (χ1) is 8.16. The summed E-state index contributed by atoms with van der Waals surface area (Å²) in [5.41, 5.74) is 2.23. The highest BCUT2D eigenvalue weighted by atomic mass is 79.9. The summed E-state index contributed by atoms with van der Waals surface area (Å²) in [5.74, 6) is 0.915. The smallest absolute Gasteiger partial charge is 0.122 e. The van der Waals surface area contributed by atoms with Crippen LogP contribution in [0, 0.1) is 6.92 Å². The van der Waals surface area contributed by atoms with Gasteiger partial charge >= 0.3 is 0 Å². The molecule has 0 aliphatic carbocycles. The molecule has 0 N–H and O–H groups in total. The highest BCUT2D eigenvalue weighted by molar-refractivity contribution is 9.10. The van der Waals surface area contributed by atoms with Gasteiger partial charge in [0.2, 0.25) is 0 Å². The van der Waals surface area contributed by atoms with Gasteiger partial charge in [-0.05, 0) is 52.2 Å². The predicted octanol–water partition coefficient (Wildman–Crippen LogP) is 4.99. The summed E-state index contributed by atoms with van der Waals surface area (Å²) in [6.45, 7) is 2.58. The average Bonchev–Trinajstić information content (AvgIpc) is 2.32. The first kappa shape index (κ1) is 12.5. The number of hydrogen-bond acceptors (Lipinski definition) is 1. The van der Waals surface area contributed by atoms with Crippen molar-refractivity contribution in [2.45, 2.75) is 13.5 Å². The van der Waals surface area contributed by atoms with Crippen molar-refractivity contribution in [2.75, 3.05) is 0 Å². The van der Waals surface area contributed by atoms with Crippen LogP contribution in [-0.4, -0.2) is 0 Å². The van der Waals surface area contributed by atoms with Crippen molar-refractivity contribution >= 4 is 27.5 Å². The van der Waals surface area contributed by atoms with Gasteiger partial charge in [-0.1, -0.05) is 35.9 Å². The zero-order valence-electron chi connectivity index (χ0n) is 9.41. The van der Waals surface area contributed by atoms with E-state index < -0.39 is 0 Å². The van der Waals surface area contributed by atoms with E-state index >= 15 is 0 Å². The van der Waals surface area contributed by atoms with Crippen molar-refractivity contribution < 1.29 is 4.74 Å². The van der Waals surface area contributed by atoms with Crippen molar-refractivity contribution in [3.05, 3.63) is 63.1 Å². The third-order valence-electron chi connectivity index (χ3n) is 2.47. The largest absolute Gasteiger partial charge is 0.489 e. The van der Waals surface area contributed by atoms with E-state index in [0.29, 0.717) is 11.6 Å². The minimum atomic E-state index is 0.542. The van der Waals surface area contributed by atoms with Crippen molar-refractivity contribution in [1.82, 2.24) is 0 Å². The molecule has 0 saturated heterocycles. The standard InChI is InChI=1S/C14H12BrClO/c1-10-4-2-3-5-14(10)17-9-11-6-7-13(16)12(15)8-11/h2-8H,9H2,1H3. The quantitative estimate of drug-likeness (QED) is 0.776. The third kappa shape index (κ3) is 3.24. The van der Waals surface area contributed by atoms with E-state index in [0.717, 1.165) is 21.3 Å². The van der Waals surface area contributed by atoms with Crippen LogP contribution >= 0.6 is 27.5 Å². The lowest BCUT2D eigenvalue weighted by atomic mass is 10.2. The van der Waals surface area contributed by atoms with Gasteiger partial charge in [-0.3, -0.25) is 0 Å². The van der Waals surface area contributed by atoms with Gasteiger partial charge < -0.3 is 4.74 Å². The van der Waals surface area contributed by atoms with Gasteiger partial charge in [-0.2, -0.15) is 0 Å². The predicted molar refractivity (Wildman–Crippen MR) is 74.7 cm³/mol. The zero-order chi connectivity index (χ0) is 12.3. The molecule has 2 aromatic carbocycles. The van der Waals surface area contributed by atoms with Gasteiger partial charge in [0.15, 0.2) is 0 Å². The first-order valence-electron chi connectivity index (χ1n) is 5.29. The van der Waals surface area contributed by atoms with E-state index in [9.17, 15) is 0 Å². The molecule has 17 heavy (non-hydrogen) atoms. The highest BCUT2D eigenvalue weighted by Crippen LogP contribution is 2.24. The Bertz CT molecular complexity index is 525. The molecule has 0 fully saturated rings. The number of hydrogen-bond donors (Lipinski definition) is 0. The van der Waals surface area contributed by atoms with Gasteiger partial charge in [0.25, 0.3) is 0 Å². The molecule has 1 nitrogen and oxygen atoms in total. The van der Waals surface area contributed by atoms with Gasteiger partial charge in [0, 0.05) is 4.47 Å². The van der Waals surface area contributed by atoms with Crippen LogP contribution in [0.5, 0.6) is 5.75 Å². The summed E-state index contributed by atoms with van der Waals surface area (Å²) in [6.07, 6.45) is 0. The SMILES string of the molecule is Cc1ccccc1OCc1ccc(Cl)c(Br)c1. The van der Waals surface area contributed by atoms with Crippen molar-refractivity contribution in [3.8, 4) is 5.75 Å². The highest BCUT2D eigenvalue weighted by Gasteiger charge is 2.01. The van der Waals surface area contributed by atoms with E-state index in [-0.39, 0.29) is 0 Å². The molecule has 0 heterocycles. The molecular formula is C14H12BrClO. The lowest BCUT2D eigenvalue weighted by Gasteiger charge is -2.09. The minimum Gasteiger partial charge on any atom is -0.489 e. The number of para-hydroxylation sites is 1. The van der Waals surface area contributed by atoms with Crippen LogP contribution in [0.3, 0.4) is 0 Å². The minimum absolute atomic E-state index is 0.542. The van der Waals surface area contributed by atoms with E-state index in [1.54, 1.807) is 0 Å². The Hall–Kier alpha value is -0.990. The monoisotopic (exact) mass is 310 g/mol. The second-order valence-corrected chi connectivity index (χ2v) is 5.06. The Labute approximate surface area is 115 Å². The van der Waals surface area contributed by atoms with Crippen LogP contribution in [0.15, 0.2) is 46.9 Å². The molecule has 0 amide bonds. The molecule has 0 aliphatic rings. The van der Waals surface area contributed by atoms with Crippen LogP contribution in [0.2, 0.25) is 5.02 Å². The summed E-state index contributed by atoms with van der Waals surface area (Å²) >= 11 is 9.33. The summed E-state index contributed by atoms with van der Waals surface area (Å²) in [5, 5.41) is 0.713. The zero-order valence-corrected chi connectivity index (χ0v) is 11.8. The molecule has 0 bridgehead atoms. The van der Waals surface area contributed by atoms with Crippen LogP contribution in [0.25, 0.3) is 0 Å². The van der Waals surface area contributed by atoms with Crippen LogP contribution in [0.4, 0.5) is 0 Å². The summed E-state index contributed by atoms with van der Waals surface area (Å²) in [7, 11) is 0. The number of benzene rings is 2. The Morgan fingerprint density at radius 1 is 1.18 bits per heavy atom. The Morgan fingerprint density at radius 3 is 2.65 bits per heavy atom. The molecule has 0 aliphatic heterocycles. The number of rotatable bonds is 3.